The number of carbonyl (C=O) groups is 1. The van der Waals surface area contributed by atoms with E-state index >= 15 is 0 Å². The fourth-order valence-corrected chi connectivity index (χ4v) is 4.55. The predicted molar refractivity (Wildman–Crippen MR) is 94.7 cm³/mol. The summed E-state index contributed by atoms with van der Waals surface area (Å²) in [6.07, 6.45) is 3.22. The highest BCUT2D eigenvalue weighted by Gasteiger charge is 2.29. The molecule has 0 spiro atoms. The minimum absolute atomic E-state index is 0.0171. The van der Waals surface area contributed by atoms with E-state index in [2.05, 4.69) is 11.3 Å². The van der Waals surface area contributed by atoms with Crippen molar-refractivity contribution < 1.29 is 17.9 Å². The van der Waals surface area contributed by atoms with Gasteiger partial charge >= 0.3 is 5.97 Å². The monoisotopic (exact) mass is 371 g/mol. The Morgan fingerprint density at radius 3 is 2.92 bits per heavy atom. The van der Waals surface area contributed by atoms with Gasteiger partial charge in [0.1, 0.15) is 0 Å². The van der Waals surface area contributed by atoms with Crippen molar-refractivity contribution in [1.29, 1.82) is 0 Å². The Bertz CT molecular complexity index is 717. The number of hydrogen-bond donors (Lipinski definition) is 0. The van der Waals surface area contributed by atoms with Gasteiger partial charge in [-0.1, -0.05) is 29.8 Å². The van der Waals surface area contributed by atoms with Crippen LogP contribution < -0.4 is 0 Å². The first-order valence-electron chi connectivity index (χ1n) is 7.81. The predicted octanol–water partition coefficient (Wildman–Crippen LogP) is 2.75. The van der Waals surface area contributed by atoms with Crippen molar-refractivity contribution in [2.75, 3.05) is 26.0 Å². The van der Waals surface area contributed by atoms with Gasteiger partial charge in [0.05, 0.1) is 19.3 Å². The molecule has 1 aromatic rings. The molecule has 1 aromatic carbocycles. The van der Waals surface area contributed by atoms with Gasteiger partial charge in [0.25, 0.3) is 0 Å². The maximum absolute atomic E-state index is 12.3. The van der Waals surface area contributed by atoms with E-state index in [9.17, 15) is 13.2 Å². The van der Waals surface area contributed by atoms with Crippen LogP contribution in [0, 0.1) is 0 Å². The first kappa shape index (κ1) is 19.0. The zero-order chi connectivity index (χ0) is 17.7. The van der Waals surface area contributed by atoms with E-state index in [-0.39, 0.29) is 24.1 Å². The van der Waals surface area contributed by atoms with Gasteiger partial charge in [-0.2, -0.15) is 0 Å². The normalized spacial score (nSPS) is 19.0. The van der Waals surface area contributed by atoms with Crippen molar-refractivity contribution >= 4 is 27.6 Å². The number of halogens is 1. The third kappa shape index (κ3) is 4.59. The third-order valence-corrected chi connectivity index (χ3v) is 6.30. The summed E-state index contributed by atoms with van der Waals surface area (Å²) in [5.41, 5.74) is 1.70. The Morgan fingerprint density at radius 1 is 1.50 bits per heavy atom. The van der Waals surface area contributed by atoms with Crippen LogP contribution in [0.5, 0.6) is 0 Å². The Morgan fingerprint density at radius 2 is 2.25 bits per heavy atom. The molecule has 5 nitrogen and oxygen atoms in total. The highest BCUT2D eigenvalue weighted by molar-refractivity contribution is 7.89. The summed E-state index contributed by atoms with van der Waals surface area (Å²) in [6, 6.07) is 5.43. The average molecular weight is 372 g/mol. The summed E-state index contributed by atoms with van der Waals surface area (Å²) < 4.78 is 30.7. The van der Waals surface area contributed by atoms with E-state index in [1.807, 2.05) is 6.07 Å². The van der Waals surface area contributed by atoms with Gasteiger partial charge in [-0.05, 0) is 36.0 Å². The maximum Gasteiger partial charge on any atom is 0.309 e. The molecule has 2 rings (SSSR count). The van der Waals surface area contributed by atoms with Crippen molar-refractivity contribution in [3.63, 3.8) is 0 Å². The van der Waals surface area contributed by atoms with Crippen LogP contribution in [0.4, 0.5) is 0 Å². The molecule has 0 radical (unpaired) electrons. The molecule has 1 unspecified atom stereocenters. The number of nitrogens with zero attached hydrogens (tertiary/aromatic N) is 1. The first-order chi connectivity index (χ1) is 11.4. The van der Waals surface area contributed by atoms with E-state index in [1.165, 1.54) is 17.5 Å². The number of carbonyl (C=O) groups excluding carboxylic acids is 1. The average Bonchev–Trinajstić information content (AvgIpc) is 2.56. The Labute approximate surface area is 148 Å². The molecule has 132 valence electrons. The quantitative estimate of drug-likeness (QED) is 0.569. The van der Waals surface area contributed by atoms with E-state index in [4.69, 9.17) is 11.6 Å². The SMILES string of the molecule is C=CCS(=O)(=O)N1CCCC(c2cc(CC(=O)OC)ccc2Cl)C1. The highest BCUT2D eigenvalue weighted by Crippen LogP contribution is 2.33. The van der Waals surface area contributed by atoms with Crippen molar-refractivity contribution in [3.05, 3.63) is 47.0 Å². The molecule has 0 aromatic heterocycles. The molecule has 24 heavy (non-hydrogen) atoms. The molecule has 1 aliphatic rings. The summed E-state index contributed by atoms with van der Waals surface area (Å²) in [5, 5.41) is 0.594. The fraction of sp³-hybridized carbons (Fsp3) is 0.471. The molecule has 1 heterocycles. The van der Waals surface area contributed by atoms with Gasteiger partial charge in [-0.25, -0.2) is 12.7 Å². The first-order valence-corrected chi connectivity index (χ1v) is 9.80. The molecule has 0 aliphatic carbocycles. The summed E-state index contributed by atoms with van der Waals surface area (Å²) >= 11 is 6.32. The standard InChI is InChI=1S/C17H22ClNO4S/c1-3-9-24(21,22)19-8-4-5-14(12-19)15-10-13(6-7-16(15)18)11-17(20)23-2/h3,6-7,10,14H,1,4-5,8-9,11-12H2,2H3. The third-order valence-electron chi connectivity index (χ3n) is 4.18. The van der Waals surface area contributed by atoms with E-state index < -0.39 is 10.0 Å². The van der Waals surface area contributed by atoms with Crippen LogP contribution in [-0.2, 0) is 26.0 Å². The largest absolute Gasteiger partial charge is 0.469 e. The van der Waals surface area contributed by atoms with Crippen molar-refractivity contribution in [1.82, 2.24) is 4.31 Å². The van der Waals surface area contributed by atoms with Crippen molar-refractivity contribution in [2.45, 2.75) is 25.2 Å². The molecular weight excluding hydrogens is 350 g/mol. The van der Waals surface area contributed by atoms with E-state index in [0.29, 0.717) is 18.1 Å². The number of piperidine rings is 1. The van der Waals surface area contributed by atoms with Gasteiger partial charge in [0.2, 0.25) is 10.0 Å². The van der Waals surface area contributed by atoms with Crippen LogP contribution in [0.15, 0.2) is 30.9 Å². The molecule has 0 bridgehead atoms. The summed E-state index contributed by atoms with van der Waals surface area (Å²) in [6.45, 7) is 4.43. The van der Waals surface area contributed by atoms with Crippen LogP contribution in [0.2, 0.25) is 5.02 Å². The Kier molecular flexibility index (Phi) is 6.43. The Hall–Kier alpha value is -1.37. The second kappa shape index (κ2) is 8.14. The van der Waals surface area contributed by atoms with Crippen molar-refractivity contribution in [3.8, 4) is 0 Å². The second-order valence-corrected chi connectivity index (χ2v) is 8.29. The van der Waals surface area contributed by atoms with Crippen LogP contribution in [0.25, 0.3) is 0 Å². The van der Waals surface area contributed by atoms with Gasteiger partial charge in [-0.15, -0.1) is 6.58 Å². The van der Waals surface area contributed by atoms with Crippen molar-refractivity contribution in [2.24, 2.45) is 0 Å². The molecule has 7 heteroatoms. The molecule has 1 atom stereocenters. The van der Waals surface area contributed by atoms with Crippen LogP contribution >= 0.6 is 11.6 Å². The van der Waals surface area contributed by atoms with E-state index in [1.54, 1.807) is 12.1 Å². The smallest absolute Gasteiger partial charge is 0.309 e. The summed E-state index contributed by atoms with van der Waals surface area (Å²) in [4.78, 5) is 11.5. The number of rotatable bonds is 6. The molecular formula is C17H22ClNO4S. The van der Waals surface area contributed by atoms with Crippen LogP contribution in [0.3, 0.4) is 0 Å². The number of benzene rings is 1. The topological polar surface area (TPSA) is 63.7 Å². The number of sulfonamides is 1. The zero-order valence-electron chi connectivity index (χ0n) is 13.7. The highest BCUT2D eigenvalue weighted by atomic mass is 35.5. The number of methoxy groups -OCH3 is 1. The van der Waals surface area contributed by atoms with Gasteiger partial charge < -0.3 is 4.74 Å². The number of esters is 1. The number of hydrogen-bond acceptors (Lipinski definition) is 4. The van der Waals surface area contributed by atoms with Crippen LogP contribution in [-0.4, -0.2) is 44.6 Å². The molecule has 0 amide bonds. The lowest BCUT2D eigenvalue weighted by Crippen LogP contribution is -2.40. The lowest BCUT2D eigenvalue weighted by molar-refractivity contribution is -0.139. The molecule has 0 saturated carbocycles. The summed E-state index contributed by atoms with van der Waals surface area (Å²) in [5.74, 6) is -0.360. The lowest BCUT2D eigenvalue weighted by Gasteiger charge is -2.32. The molecule has 1 aliphatic heterocycles. The number of ether oxygens (including phenoxy) is 1. The van der Waals surface area contributed by atoms with Gasteiger partial charge in [0, 0.05) is 18.1 Å². The molecule has 1 fully saturated rings. The minimum Gasteiger partial charge on any atom is -0.469 e. The maximum atomic E-state index is 12.3. The van der Waals surface area contributed by atoms with Gasteiger partial charge in [0.15, 0.2) is 0 Å². The second-order valence-electron chi connectivity index (χ2n) is 5.87. The zero-order valence-corrected chi connectivity index (χ0v) is 15.3. The summed E-state index contributed by atoms with van der Waals surface area (Å²) in [7, 11) is -1.97. The fourth-order valence-electron chi connectivity index (χ4n) is 2.96. The minimum atomic E-state index is -3.32. The van der Waals surface area contributed by atoms with E-state index in [0.717, 1.165) is 24.0 Å². The lowest BCUT2D eigenvalue weighted by atomic mass is 9.90. The van der Waals surface area contributed by atoms with Crippen LogP contribution in [0.1, 0.15) is 29.9 Å². The Balaban J connectivity index is 2.22. The molecule has 0 N–H and O–H groups in total. The van der Waals surface area contributed by atoms with Gasteiger partial charge in [-0.3, -0.25) is 4.79 Å². The molecule has 1 saturated heterocycles.